The van der Waals surface area contributed by atoms with E-state index in [1.807, 2.05) is 30.3 Å². The molecule has 0 radical (unpaired) electrons. The molecule has 19 heavy (non-hydrogen) atoms. The van der Waals surface area contributed by atoms with Gasteiger partial charge in [-0.25, -0.2) is 4.79 Å². The quantitative estimate of drug-likeness (QED) is 0.874. The number of amides is 1. The van der Waals surface area contributed by atoms with Gasteiger partial charge in [-0.05, 0) is 12.5 Å². The number of ketones is 1. The zero-order valence-corrected chi connectivity index (χ0v) is 10.8. The summed E-state index contributed by atoms with van der Waals surface area (Å²) < 4.78 is 5.16. The molecule has 0 saturated carbocycles. The van der Waals surface area contributed by atoms with Gasteiger partial charge < -0.3 is 9.84 Å². The van der Waals surface area contributed by atoms with Crippen LogP contribution in [0.3, 0.4) is 0 Å². The van der Waals surface area contributed by atoms with E-state index in [9.17, 15) is 14.7 Å². The Balaban J connectivity index is 1.94. The van der Waals surface area contributed by atoms with Gasteiger partial charge in [0.2, 0.25) is 0 Å². The number of carbonyl (C=O) groups is 2. The summed E-state index contributed by atoms with van der Waals surface area (Å²) in [6.07, 6.45) is -1.28. The molecule has 0 bridgehead atoms. The number of nitrogens with zero attached hydrogens (tertiary/aromatic N) is 1. The van der Waals surface area contributed by atoms with Crippen LogP contribution in [0.4, 0.5) is 4.79 Å². The summed E-state index contributed by atoms with van der Waals surface area (Å²) >= 11 is 0. The monoisotopic (exact) mass is 263 g/mol. The second kappa shape index (κ2) is 5.84. The lowest BCUT2D eigenvalue weighted by Gasteiger charge is -2.35. The number of aliphatic hydroxyl groups is 1. The third kappa shape index (κ3) is 3.32. The van der Waals surface area contributed by atoms with Crippen LogP contribution in [0.15, 0.2) is 30.3 Å². The first-order valence-electron chi connectivity index (χ1n) is 6.25. The molecule has 1 heterocycles. The lowest BCUT2D eigenvalue weighted by atomic mass is 10.00. The summed E-state index contributed by atoms with van der Waals surface area (Å²) in [5, 5.41) is 9.68. The smallest absolute Gasteiger partial charge is 0.410 e. The van der Waals surface area contributed by atoms with Crippen molar-refractivity contribution in [1.29, 1.82) is 0 Å². The predicted octanol–water partition coefficient (Wildman–Crippen LogP) is 1.35. The number of hydrogen-bond acceptors (Lipinski definition) is 4. The molecule has 1 aromatic rings. The van der Waals surface area contributed by atoms with E-state index in [0.29, 0.717) is 0 Å². The van der Waals surface area contributed by atoms with E-state index >= 15 is 0 Å². The highest BCUT2D eigenvalue weighted by Gasteiger charge is 2.34. The number of ether oxygens (including phenoxy) is 1. The first-order chi connectivity index (χ1) is 9.08. The van der Waals surface area contributed by atoms with Gasteiger partial charge >= 0.3 is 6.09 Å². The zero-order chi connectivity index (χ0) is 13.8. The largest absolute Gasteiger partial charge is 0.445 e. The molecule has 0 aliphatic carbocycles. The van der Waals surface area contributed by atoms with Crippen LogP contribution in [-0.4, -0.2) is 40.6 Å². The van der Waals surface area contributed by atoms with Crippen molar-refractivity contribution in [3.8, 4) is 0 Å². The molecule has 1 saturated heterocycles. The fraction of sp³-hybridized carbons (Fsp3) is 0.429. The molecule has 0 spiro atoms. The molecule has 5 nitrogen and oxygen atoms in total. The highest BCUT2D eigenvalue weighted by molar-refractivity contribution is 5.86. The highest BCUT2D eigenvalue weighted by Crippen LogP contribution is 2.16. The third-order valence-electron chi connectivity index (χ3n) is 3.27. The van der Waals surface area contributed by atoms with Gasteiger partial charge in [0.1, 0.15) is 6.61 Å². The Kier molecular flexibility index (Phi) is 4.16. The fourth-order valence-corrected chi connectivity index (χ4v) is 2.04. The van der Waals surface area contributed by atoms with Crippen LogP contribution >= 0.6 is 0 Å². The molecule has 5 heteroatoms. The molecule has 2 rings (SSSR count). The summed E-state index contributed by atoms with van der Waals surface area (Å²) in [4.78, 5) is 24.6. The van der Waals surface area contributed by atoms with E-state index in [4.69, 9.17) is 4.74 Å². The topological polar surface area (TPSA) is 66.8 Å². The minimum atomic E-state index is -0.814. The molecule has 1 aliphatic heterocycles. The average molecular weight is 263 g/mol. The van der Waals surface area contributed by atoms with Crippen molar-refractivity contribution >= 4 is 11.9 Å². The van der Waals surface area contributed by atoms with Crippen LogP contribution in [0.2, 0.25) is 0 Å². The first kappa shape index (κ1) is 13.5. The van der Waals surface area contributed by atoms with Crippen molar-refractivity contribution in [3.05, 3.63) is 35.9 Å². The van der Waals surface area contributed by atoms with Crippen molar-refractivity contribution in [1.82, 2.24) is 4.90 Å². The molecule has 102 valence electrons. The van der Waals surface area contributed by atoms with Crippen LogP contribution in [0.5, 0.6) is 0 Å². The van der Waals surface area contributed by atoms with Gasteiger partial charge in [0.15, 0.2) is 5.78 Å². The molecule has 1 aromatic carbocycles. The molecule has 1 unspecified atom stereocenters. The SMILES string of the molecule is C[C@H]1C(O)CC(=O)CN1C(=O)OCc1ccccc1. The van der Waals surface area contributed by atoms with Crippen LogP contribution < -0.4 is 0 Å². The van der Waals surface area contributed by atoms with Gasteiger partial charge in [-0.2, -0.15) is 0 Å². The number of aliphatic hydroxyl groups excluding tert-OH is 1. The molecule has 1 amide bonds. The number of likely N-dealkylation sites (tertiary alicyclic amines) is 1. The Morgan fingerprint density at radius 2 is 2.11 bits per heavy atom. The van der Waals surface area contributed by atoms with Crippen LogP contribution in [0.25, 0.3) is 0 Å². The first-order valence-corrected chi connectivity index (χ1v) is 6.25. The minimum Gasteiger partial charge on any atom is -0.445 e. The second-order valence-electron chi connectivity index (χ2n) is 4.72. The Morgan fingerprint density at radius 3 is 2.79 bits per heavy atom. The Bertz CT molecular complexity index is 460. The lowest BCUT2D eigenvalue weighted by Crippen LogP contribution is -2.52. The lowest BCUT2D eigenvalue weighted by molar-refractivity contribution is -0.127. The second-order valence-corrected chi connectivity index (χ2v) is 4.72. The van der Waals surface area contributed by atoms with Gasteiger partial charge in [-0.15, -0.1) is 0 Å². The molecular formula is C14H17NO4. The molecule has 1 N–H and O–H groups in total. The number of rotatable bonds is 2. The van der Waals surface area contributed by atoms with Gasteiger partial charge in [0.05, 0.1) is 18.7 Å². The summed E-state index contributed by atoms with van der Waals surface area (Å²) in [5.41, 5.74) is 0.882. The van der Waals surface area contributed by atoms with E-state index in [1.54, 1.807) is 6.92 Å². The Morgan fingerprint density at radius 1 is 1.42 bits per heavy atom. The van der Waals surface area contributed by atoms with Crippen LogP contribution in [-0.2, 0) is 16.1 Å². The van der Waals surface area contributed by atoms with E-state index in [0.717, 1.165) is 5.56 Å². The predicted molar refractivity (Wildman–Crippen MR) is 68.4 cm³/mol. The molecule has 2 atom stereocenters. The van der Waals surface area contributed by atoms with Gasteiger partial charge in [-0.1, -0.05) is 30.3 Å². The number of carbonyl (C=O) groups excluding carboxylic acids is 2. The average Bonchev–Trinajstić information content (AvgIpc) is 2.41. The van der Waals surface area contributed by atoms with Gasteiger partial charge in [0.25, 0.3) is 0 Å². The van der Waals surface area contributed by atoms with Crippen LogP contribution in [0.1, 0.15) is 18.9 Å². The number of benzene rings is 1. The molecular weight excluding hydrogens is 246 g/mol. The van der Waals surface area contributed by atoms with E-state index in [2.05, 4.69) is 0 Å². The van der Waals surface area contributed by atoms with Crippen molar-refractivity contribution in [3.63, 3.8) is 0 Å². The van der Waals surface area contributed by atoms with Crippen molar-refractivity contribution in [2.45, 2.75) is 32.1 Å². The normalized spacial score (nSPS) is 23.3. The van der Waals surface area contributed by atoms with Crippen molar-refractivity contribution in [2.24, 2.45) is 0 Å². The van der Waals surface area contributed by atoms with Gasteiger partial charge in [-0.3, -0.25) is 9.69 Å². The highest BCUT2D eigenvalue weighted by atomic mass is 16.6. The van der Waals surface area contributed by atoms with Crippen molar-refractivity contribution in [2.75, 3.05) is 6.54 Å². The maximum atomic E-state index is 11.9. The zero-order valence-electron chi connectivity index (χ0n) is 10.8. The summed E-state index contributed by atoms with van der Waals surface area (Å²) in [5.74, 6) is -0.151. The maximum absolute atomic E-state index is 11.9. The third-order valence-corrected chi connectivity index (χ3v) is 3.27. The summed E-state index contributed by atoms with van der Waals surface area (Å²) in [6.45, 7) is 1.87. The van der Waals surface area contributed by atoms with E-state index in [-0.39, 0.29) is 25.4 Å². The van der Waals surface area contributed by atoms with Gasteiger partial charge in [0, 0.05) is 6.42 Å². The molecule has 1 aliphatic rings. The maximum Gasteiger partial charge on any atom is 0.410 e. The van der Waals surface area contributed by atoms with E-state index in [1.165, 1.54) is 4.90 Å². The van der Waals surface area contributed by atoms with Crippen molar-refractivity contribution < 1.29 is 19.4 Å². The fourth-order valence-electron chi connectivity index (χ4n) is 2.04. The number of Topliss-reactive ketones (excluding diaryl/α,β-unsaturated/α-hetero) is 1. The standard InChI is InChI=1S/C14H17NO4/c1-10-13(17)7-12(16)8-15(10)14(18)19-9-11-5-3-2-4-6-11/h2-6,10,13,17H,7-9H2,1H3/t10-,13?/m0/s1. The number of hydrogen-bond donors (Lipinski definition) is 1. The Hall–Kier alpha value is -1.88. The van der Waals surface area contributed by atoms with Crippen LogP contribution in [0, 0.1) is 0 Å². The summed E-state index contributed by atoms with van der Waals surface area (Å²) in [7, 11) is 0. The summed E-state index contributed by atoms with van der Waals surface area (Å²) in [6, 6.07) is 8.91. The molecule has 0 aromatic heterocycles. The molecule has 1 fully saturated rings. The van der Waals surface area contributed by atoms with E-state index < -0.39 is 18.2 Å². The number of piperidine rings is 1. The minimum absolute atomic E-state index is 0.00580. The Labute approximate surface area is 111 Å².